The molecule has 0 bridgehead atoms. The van der Waals surface area contributed by atoms with Crippen LogP contribution in [0.4, 0.5) is 10.5 Å². The van der Waals surface area contributed by atoms with E-state index in [0.29, 0.717) is 29.8 Å². The van der Waals surface area contributed by atoms with E-state index in [1.807, 2.05) is 0 Å². The molecule has 2 N–H and O–H groups in total. The van der Waals surface area contributed by atoms with Crippen LogP contribution in [0.2, 0.25) is 0 Å². The molecule has 0 heterocycles. The highest BCUT2D eigenvalue weighted by Gasteiger charge is 2.53. The van der Waals surface area contributed by atoms with Crippen LogP contribution >= 0.6 is 0 Å². The van der Waals surface area contributed by atoms with Crippen LogP contribution in [0.3, 0.4) is 0 Å². The molecule has 1 aromatic rings. The zero-order valence-electron chi connectivity index (χ0n) is 13.2. The van der Waals surface area contributed by atoms with Gasteiger partial charge >= 0.3 is 12.1 Å². The first-order valence-corrected chi connectivity index (χ1v) is 7.10. The summed E-state index contributed by atoms with van der Waals surface area (Å²) < 4.78 is 10.5. The third-order valence-electron chi connectivity index (χ3n) is 3.52. The van der Waals surface area contributed by atoms with E-state index in [0.717, 1.165) is 0 Å². The van der Waals surface area contributed by atoms with Crippen molar-refractivity contribution >= 4 is 17.7 Å². The summed E-state index contributed by atoms with van der Waals surface area (Å²) in [6, 6.07) is 4.96. The number of methoxy groups -OCH3 is 1. The molecule has 0 spiro atoms. The lowest BCUT2D eigenvalue weighted by atomic mass is 9.95. The Morgan fingerprint density at radius 1 is 1.27 bits per heavy atom. The summed E-state index contributed by atoms with van der Waals surface area (Å²) in [5, 5.41) is 12.0. The highest BCUT2D eigenvalue weighted by Crippen LogP contribution is 2.51. The number of carbonyl (C=O) groups excluding carboxylic acids is 1. The summed E-state index contributed by atoms with van der Waals surface area (Å²) in [4.78, 5) is 23.2. The van der Waals surface area contributed by atoms with Crippen LogP contribution in [-0.4, -0.2) is 29.9 Å². The molecule has 0 aliphatic heterocycles. The Hall–Kier alpha value is -2.24. The van der Waals surface area contributed by atoms with Gasteiger partial charge in [0.1, 0.15) is 11.4 Å². The zero-order chi connectivity index (χ0) is 16.5. The first kappa shape index (κ1) is 16.1. The lowest BCUT2D eigenvalue weighted by molar-refractivity contribution is -0.140. The molecule has 1 fully saturated rings. The van der Waals surface area contributed by atoms with Gasteiger partial charge in [0, 0.05) is 17.3 Å². The van der Waals surface area contributed by atoms with Gasteiger partial charge in [-0.15, -0.1) is 0 Å². The van der Waals surface area contributed by atoms with E-state index >= 15 is 0 Å². The fourth-order valence-electron chi connectivity index (χ4n) is 2.31. The van der Waals surface area contributed by atoms with Crippen molar-refractivity contribution in [1.29, 1.82) is 0 Å². The monoisotopic (exact) mass is 307 g/mol. The summed E-state index contributed by atoms with van der Waals surface area (Å²) in [5.41, 5.74) is -0.307. The van der Waals surface area contributed by atoms with Crippen LogP contribution in [0, 0.1) is 0 Å². The molecule has 0 aromatic heterocycles. The average molecular weight is 307 g/mol. The molecule has 1 aliphatic rings. The molecule has 2 rings (SSSR count). The molecular weight excluding hydrogens is 286 g/mol. The van der Waals surface area contributed by atoms with Gasteiger partial charge in [-0.3, -0.25) is 10.1 Å². The lowest BCUT2D eigenvalue weighted by Crippen LogP contribution is -2.27. The highest BCUT2D eigenvalue weighted by atomic mass is 16.6. The predicted molar refractivity (Wildman–Crippen MR) is 81.4 cm³/mol. The number of hydrogen-bond donors (Lipinski definition) is 2. The van der Waals surface area contributed by atoms with Gasteiger partial charge in [0.15, 0.2) is 0 Å². The van der Waals surface area contributed by atoms with Crippen molar-refractivity contribution in [3.63, 3.8) is 0 Å². The Morgan fingerprint density at radius 3 is 2.36 bits per heavy atom. The first-order chi connectivity index (χ1) is 10.2. The van der Waals surface area contributed by atoms with Gasteiger partial charge in [0.05, 0.1) is 12.5 Å². The number of carboxylic acid groups (broad SMARTS) is 1. The van der Waals surface area contributed by atoms with Crippen LogP contribution in [0.1, 0.15) is 39.2 Å². The number of benzene rings is 1. The number of rotatable bonds is 4. The predicted octanol–water partition coefficient (Wildman–Crippen LogP) is 3.16. The summed E-state index contributed by atoms with van der Waals surface area (Å²) in [6.45, 7) is 5.33. The van der Waals surface area contributed by atoms with Crippen molar-refractivity contribution in [2.45, 2.75) is 44.6 Å². The SMILES string of the molecule is COc1cc(NC(=O)OC(C)(C)C)ccc1C1(C(=O)O)CC1. The number of aliphatic carboxylic acids is 1. The second kappa shape index (κ2) is 5.51. The maximum atomic E-state index is 11.8. The summed E-state index contributed by atoms with van der Waals surface area (Å²) >= 11 is 0. The Kier molecular flexibility index (Phi) is 4.04. The van der Waals surface area contributed by atoms with Gasteiger partial charge in [-0.05, 0) is 39.7 Å². The van der Waals surface area contributed by atoms with E-state index in [1.54, 1.807) is 39.0 Å². The number of anilines is 1. The normalized spacial score (nSPS) is 15.8. The Labute approximate surface area is 129 Å². The minimum Gasteiger partial charge on any atom is -0.496 e. The van der Waals surface area contributed by atoms with Crippen LogP contribution in [0.25, 0.3) is 0 Å². The fourth-order valence-corrected chi connectivity index (χ4v) is 2.31. The lowest BCUT2D eigenvalue weighted by Gasteiger charge is -2.20. The van der Waals surface area contributed by atoms with E-state index in [4.69, 9.17) is 9.47 Å². The van der Waals surface area contributed by atoms with Crippen molar-refractivity contribution < 1.29 is 24.2 Å². The van der Waals surface area contributed by atoms with Crippen LogP contribution in [0.15, 0.2) is 18.2 Å². The van der Waals surface area contributed by atoms with E-state index in [9.17, 15) is 14.7 Å². The summed E-state index contributed by atoms with van der Waals surface area (Å²) in [6.07, 6.45) is 0.622. The molecule has 1 aliphatic carbocycles. The molecule has 120 valence electrons. The first-order valence-electron chi connectivity index (χ1n) is 7.10. The van der Waals surface area contributed by atoms with Gasteiger partial charge in [-0.2, -0.15) is 0 Å². The highest BCUT2D eigenvalue weighted by molar-refractivity contribution is 5.88. The van der Waals surface area contributed by atoms with Gasteiger partial charge in [-0.25, -0.2) is 4.79 Å². The molecule has 6 heteroatoms. The van der Waals surface area contributed by atoms with E-state index in [1.165, 1.54) is 7.11 Å². The third kappa shape index (κ3) is 3.32. The van der Waals surface area contributed by atoms with Crippen LogP contribution < -0.4 is 10.1 Å². The van der Waals surface area contributed by atoms with Crippen molar-refractivity contribution in [2.75, 3.05) is 12.4 Å². The van der Waals surface area contributed by atoms with E-state index < -0.39 is 23.1 Å². The molecule has 1 amide bonds. The topological polar surface area (TPSA) is 84.9 Å². The van der Waals surface area contributed by atoms with Gasteiger partial charge in [0.2, 0.25) is 0 Å². The largest absolute Gasteiger partial charge is 0.496 e. The number of amides is 1. The Balaban J connectivity index is 2.20. The standard InChI is InChI=1S/C16H21NO5/c1-15(2,3)22-14(20)17-10-5-6-11(12(9-10)21-4)16(7-8-16)13(18)19/h5-6,9H,7-8H2,1-4H3,(H,17,20)(H,18,19). The van der Waals surface area contributed by atoms with Crippen molar-refractivity contribution in [3.8, 4) is 5.75 Å². The quantitative estimate of drug-likeness (QED) is 0.892. The smallest absolute Gasteiger partial charge is 0.412 e. The molecule has 0 unspecified atom stereocenters. The molecule has 6 nitrogen and oxygen atoms in total. The fraction of sp³-hybridized carbons (Fsp3) is 0.500. The summed E-state index contributed by atoms with van der Waals surface area (Å²) in [7, 11) is 1.48. The number of carbonyl (C=O) groups is 2. The van der Waals surface area contributed by atoms with Crippen LogP contribution in [0.5, 0.6) is 5.75 Å². The Morgan fingerprint density at radius 2 is 1.91 bits per heavy atom. The van der Waals surface area contributed by atoms with Crippen molar-refractivity contribution in [1.82, 2.24) is 0 Å². The molecule has 22 heavy (non-hydrogen) atoms. The number of ether oxygens (including phenoxy) is 2. The van der Waals surface area contributed by atoms with Crippen molar-refractivity contribution in [2.24, 2.45) is 0 Å². The van der Waals surface area contributed by atoms with E-state index in [-0.39, 0.29) is 0 Å². The second-order valence-corrected chi connectivity index (χ2v) is 6.43. The third-order valence-corrected chi connectivity index (χ3v) is 3.52. The van der Waals surface area contributed by atoms with Gasteiger partial charge in [-0.1, -0.05) is 6.07 Å². The number of nitrogens with one attached hydrogen (secondary N) is 1. The van der Waals surface area contributed by atoms with Crippen molar-refractivity contribution in [3.05, 3.63) is 23.8 Å². The van der Waals surface area contributed by atoms with Gasteiger partial charge in [0.25, 0.3) is 0 Å². The molecule has 1 aromatic carbocycles. The molecule has 0 atom stereocenters. The molecule has 0 saturated heterocycles. The molecule has 0 radical (unpaired) electrons. The molecule has 1 saturated carbocycles. The van der Waals surface area contributed by atoms with E-state index in [2.05, 4.69) is 5.32 Å². The number of carboxylic acids is 1. The summed E-state index contributed by atoms with van der Waals surface area (Å²) in [5.74, 6) is -0.396. The minimum atomic E-state index is -0.851. The number of hydrogen-bond acceptors (Lipinski definition) is 4. The average Bonchev–Trinajstić information content (AvgIpc) is 3.17. The van der Waals surface area contributed by atoms with Gasteiger partial charge < -0.3 is 14.6 Å². The second-order valence-electron chi connectivity index (χ2n) is 6.43. The maximum absolute atomic E-state index is 11.8. The molecular formula is C16H21NO5. The Bertz CT molecular complexity index is 599. The zero-order valence-corrected chi connectivity index (χ0v) is 13.2. The minimum absolute atomic E-state index is 0.452. The van der Waals surface area contributed by atoms with Crippen LogP contribution in [-0.2, 0) is 14.9 Å². The maximum Gasteiger partial charge on any atom is 0.412 e.